The van der Waals surface area contributed by atoms with Crippen molar-refractivity contribution in [2.45, 2.75) is 13.8 Å². The fourth-order valence-corrected chi connectivity index (χ4v) is 3.38. The van der Waals surface area contributed by atoms with Gasteiger partial charge in [-0.1, -0.05) is 35.9 Å². The number of thiazole rings is 1. The molecule has 1 aromatic heterocycles. The fraction of sp³-hybridized carbons (Fsp3) is 0.111. The van der Waals surface area contributed by atoms with Crippen LogP contribution in [0.2, 0.25) is 0 Å². The van der Waals surface area contributed by atoms with Crippen LogP contribution in [0, 0.1) is 13.8 Å². The molecule has 5 heteroatoms. The zero-order valence-electron chi connectivity index (χ0n) is 13.0. The van der Waals surface area contributed by atoms with E-state index >= 15 is 0 Å². The van der Waals surface area contributed by atoms with E-state index in [1.165, 1.54) is 5.56 Å². The fourth-order valence-electron chi connectivity index (χ4n) is 2.24. The SMILES string of the molecule is Cc1ccc(-n2c(C)csc2=NC(=S)Nc2ccccc2)cc1. The number of anilines is 1. The normalized spacial score (nSPS) is 11.5. The average Bonchev–Trinajstić information content (AvgIpc) is 2.90. The number of rotatable bonds is 2. The number of hydrogen-bond acceptors (Lipinski definition) is 2. The summed E-state index contributed by atoms with van der Waals surface area (Å²) in [4.78, 5) is 5.44. The van der Waals surface area contributed by atoms with Crippen LogP contribution in [0.15, 0.2) is 65.0 Å². The van der Waals surface area contributed by atoms with Crippen LogP contribution in [0.5, 0.6) is 0 Å². The number of benzene rings is 2. The van der Waals surface area contributed by atoms with Crippen molar-refractivity contribution in [3.63, 3.8) is 0 Å². The van der Waals surface area contributed by atoms with Crippen molar-refractivity contribution < 1.29 is 0 Å². The summed E-state index contributed by atoms with van der Waals surface area (Å²) in [5.74, 6) is 0. The molecular weight excluding hydrogens is 322 g/mol. The number of hydrogen-bond donors (Lipinski definition) is 1. The van der Waals surface area contributed by atoms with Gasteiger partial charge < -0.3 is 5.32 Å². The Hall–Kier alpha value is -2.24. The van der Waals surface area contributed by atoms with Crippen LogP contribution in [0.1, 0.15) is 11.3 Å². The smallest absolute Gasteiger partial charge is 0.199 e. The first-order chi connectivity index (χ1) is 11.1. The maximum atomic E-state index is 5.37. The minimum absolute atomic E-state index is 0.457. The van der Waals surface area contributed by atoms with E-state index < -0.39 is 0 Å². The van der Waals surface area contributed by atoms with Crippen molar-refractivity contribution in [3.8, 4) is 5.69 Å². The molecule has 0 saturated carbocycles. The molecule has 3 rings (SSSR count). The average molecular weight is 339 g/mol. The van der Waals surface area contributed by atoms with Crippen molar-refractivity contribution in [2.24, 2.45) is 4.99 Å². The lowest BCUT2D eigenvalue weighted by Gasteiger charge is -2.07. The monoisotopic (exact) mass is 339 g/mol. The number of para-hydroxylation sites is 1. The van der Waals surface area contributed by atoms with Gasteiger partial charge in [-0.15, -0.1) is 11.3 Å². The van der Waals surface area contributed by atoms with Gasteiger partial charge in [-0.3, -0.25) is 4.57 Å². The first-order valence-corrected chi connectivity index (χ1v) is 8.57. The van der Waals surface area contributed by atoms with Gasteiger partial charge in [0.05, 0.1) is 0 Å². The van der Waals surface area contributed by atoms with E-state index in [1.54, 1.807) is 11.3 Å². The second-order valence-electron chi connectivity index (χ2n) is 5.24. The molecule has 23 heavy (non-hydrogen) atoms. The van der Waals surface area contributed by atoms with Gasteiger partial charge in [0, 0.05) is 22.4 Å². The molecule has 0 atom stereocenters. The highest BCUT2D eigenvalue weighted by Gasteiger charge is 2.05. The zero-order chi connectivity index (χ0) is 16.2. The van der Waals surface area contributed by atoms with E-state index in [2.05, 4.69) is 58.4 Å². The highest BCUT2D eigenvalue weighted by Crippen LogP contribution is 2.12. The molecule has 1 N–H and O–H groups in total. The Morgan fingerprint density at radius 1 is 1.04 bits per heavy atom. The van der Waals surface area contributed by atoms with E-state index in [1.807, 2.05) is 30.3 Å². The van der Waals surface area contributed by atoms with Crippen LogP contribution in [0.3, 0.4) is 0 Å². The lowest BCUT2D eigenvalue weighted by Crippen LogP contribution is -2.18. The third-order valence-corrected chi connectivity index (χ3v) is 4.53. The Morgan fingerprint density at radius 3 is 2.43 bits per heavy atom. The van der Waals surface area contributed by atoms with Gasteiger partial charge >= 0.3 is 0 Å². The summed E-state index contributed by atoms with van der Waals surface area (Å²) in [6.07, 6.45) is 0. The van der Waals surface area contributed by atoms with Crippen LogP contribution in [0.25, 0.3) is 5.69 Å². The third kappa shape index (κ3) is 3.75. The molecule has 3 aromatic rings. The molecule has 3 nitrogen and oxygen atoms in total. The molecule has 1 heterocycles. The number of aryl methyl sites for hydroxylation is 2. The van der Waals surface area contributed by atoms with Crippen LogP contribution in [-0.2, 0) is 0 Å². The van der Waals surface area contributed by atoms with Crippen molar-refractivity contribution in [1.82, 2.24) is 4.57 Å². The molecule has 0 fully saturated rings. The van der Waals surface area contributed by atoms with Crippen LogP contribution in [0.4, 0.5) is 5.69 Å². The lowest BCUT2D eigenvalue weighted by atomic mass is 10.2. The van der Waals surface area contributed by atoms with Crippen molar-refractivity contribution >= 4 is 34.4 Å². The van der Waals surface area contributed by atoms with Gasteiger partial charge in [0.1, 0.15) is 0 Å². The lowest BCUT2D eigenvalue weighted by molar-refractivity contribution is 0.958. The molecule has 0 bridgehead atoms. The Bertz CT molecular complexity index is 875. The molecule has 0 aliphatic rings. The van der Waals surface area contributed by atoms with E-state index in [9.17, 15) is 0 Å². The first-order valence-electron chi connectivity index (χ1n) is 7.28. The minimum atomic E-state index is 0.457. The molecule has 0 aliphatic heterocycles. The summed E-state index contributed by atoms with van der Waals surface area (Å²) in [5, 5.41) is 5.69. The molecule has 0 saturated heterocycles. The van der Waals surface area contributed by atoms with Crippen LogP contribution >= 0.6 is 23.6 Å². The van der Waals surface area contributed by atoms with E-state index in [0.29, 0.717) is 5.11 Å². The third-order valence-electron chi connectivity index (χ3n) is 3.39. The maximum Gasteiger partial charge on any atom is 0.199 e. The second kappa shape index (κ2) is 6.89. The maximum absolute atomic E-state index is 5.37. The quantitative estimate of drug-likeness (QED) is 0.699. The summed E-state index contributed by atoms with van der Waals surface area (Å²) in [7, 11) is 0. The van der Waals surface area contributed by atoms with E-state index in [-0.39, 0.29) is 0 Å². The summed E-state index contributed by atoms with van der Waals surface area (Å²) in [6.45, 7) is 4.15. The number of nitrogens with zero attached hydrogens (tertiary/aromatic N) is 2. The highest BCUT2D eigenvalue weighted by molar-refractivity contribution is 7.80. The van der Waals surface area contributed by atoms with Gasteiger partial charge in [-0.2, -0.15) is 4.99 Å². The topological polar surface area (TPSA) is 29.3 Å². The Kier molecular flexibility index (Phi) is 4.69. The van der Waals surface area contributed by atoms with Crippen LogP contribution < -0.4 is 10.1 Å². The summed E-state index contributed by atoms with van der Waals surface area (Å²) >= 11 is 6.96. The molecule has 0 aliphatic carbocycles. The van der Waals surface area contributed by atoms with Gasteiger partial charge in [-0.25, -0.2) is 0 Å². The molecule has 2 aromatic carbocycles. The van der Waals surface area contributed by atoms with E-state index in [4.69, 9.17) is 12.2 Å². The van der Waals surface area contributed by atoms with Gasteiger partial charge in [0.15, 0.2) is 9.91 Å². The molecule has 0 unspecified atom stereocenters. The van der Waals surface area contributed by atoms with Crippen molar-refractivity contribution in [1.29, 1.82) is 0 Å². The predicted molar refractivity (Wildman–Crippen MR) is 101 cm³/mol. The van der Waals surface area contributed by atoms with Gasteiger partial charge in [-0.05, 0) is 50.3 Å². The van der Waals surface area contributed by atoms with Gasteiger partial charge in [0.25, 0.3) is 0 Å². The molecule has 0 spiro atoms. The molecule has 116 valence electrons. The Labute approximate surface area is 145 Å². The molecule has 0 amide bonds. The van der Waals surface area contributed by atoms with Crippen molar-refractivity contribution in [3.05, 3.63) is 76.0 Å². The standard InChI is InChI=1S/C18H17N3S2/c1-13-8-10-16(11-9-13)21-14(2)12-23-18(21)20-17(22)19-15-6-4-3-5-7-15/h3-12H,1-2H3,(H,19,22). The number of nitrogens with one attached hydrogen (secondary N) is 1. The highest BCUT2D eigenvalue weighted by atomic mass is 32.1. The minimum Gasteiger partial charge on any atom is -0.331 e. The summed E-state index contributed by atoms with van der Waals surface area (Å²) in [5.41, 5.74) is 4.41. The number of aromatic nitrogens is 1. The predicted octanol–water partition coefficient (Wildman–Crippen LogP) is 4.45. The number of thiocarbonyl (C=S) groups is 1. The molecule has 0 radical (unpaired) electrons. The first kappa shape index (κ1) is 15.6. The van der Waals surface area contributed by atoms with Gasteiger partial charge in [0.2, 0.25) is 0 Å². The summed E-state index contributed by atoms with van der Waals surface area (Å²) in [6, 6.07) is 18.2. The zero-order valence-corrected chi connectivity index (χ0v) is 14.6. The molecular formula is C18H17N3S2. The Balaban J connectivity index is 1.94. The second-order valence-corrected chi connectivity index (χ2v) is 6.46. The van der Waals surface area contributed by atoms with Crippen LogP contribution in [-0.4, -0.2) is 9.68 Å². The largest absolute Gasteiger partial charge is 0.331 e. The van der Waals surface area contributed by atoms with Crippen molar-refractivity contribution in [2.75, 3.05) is 5.32 Å². The summed E-state index contributed by atoms with van der Waals surface area (Å²) < 4.78 is 2.11. The van der Waals surface area contributed by atoms with E-state index in [0.717, 1.165) is 21.9 Å². The Morgan fingerprint density at radius 2 is 1.74 bits per heavy atom.